The fourth-order valence-corrected chi connectivity index (χ4v) is 3.58. The summed E-state index contributed by atoms with van der Waals surface area (Å²) in [7, 11) is 0. The van der Waals surface area contributed by atoms with Gasteiger partial charge in [0.25, 0.3) is 0 Å². The van der Waals surface area contributed by atoms with Gasteiger partial charge in [-0.15, -0.1) is 0 Å². The first-order valence-corrected chi connectivity index (χ1v) is 10.1. The summed E-state index contributed by atoms with van der Waals surface area (Å²) >= 11 is 0. The number of carbonyl (C=O) groups is 1. The molecule has 1 aliphatic carbocycles. The Labute approximate surface area is 161 Å². The molecule has 1 fully saturated rings. The minimum absolute atomic E-state index is 0.0396. The van der Waals surface area contributed by atoms with Gasteiger partial charge < -0.3 is 20.5 Å². The SMILES string of the molecule is CC(NC(=O)NCCCNC1CCCCC1)c1ccc(-n2ccnc2)cc1. The molecule has 146 valence electrons. The van der Waals surface area contributed by atoms with Crippen molar-refractivity contribution < 1.29 is 4.79 Å². The summed E-state index contributed by atoms with van der Waals surface area (Å²) in [6.45, 7) is 3.66. The summed E-state index contributed by atoms with van der Waals surface area (Å²) in [6.07, 6.45) is 13.1. The minimum atomic E-state index is -0.112. The lowest BCUT2D eigenvalue weighted by atomic mass is 9.95. The van der Waals surface area contributed by atoms with Crippen molar-refractivity contribution >= 4 is 6.03 Å². The summed E-state index contributed by atoms with van der Waals surface area (Å²) in [4.78, 5) is 16.1. The molecule has 1 heterocycles. The first-order chi connectivity index (χ1) is 13.2. The number of benzene rings is 1. The highest BCUT2D eigenvalue weighted by atomic mass is 16.2. The van der Waals surface area contributed by atoms with E-state index in [-0.39, 0.29) is 12.1 Å². The molecule has 6 heteroatoms. The van der Waals surface area contributed by atoms with Gasteiger partial charge in [-0.25, -0.2) is 9.78 Å². The predicted octanol–water partition coefficient (Wildman–Crippen LogP) is 3.54. The van der Waals surface area contributed by atoms with Gasteiger partial charge in [-0.05, 0) is 50.4 Å². The number of nitrogens with zero attached hydrogens (tertiary/aromatic N) is 2. The van der Waals surface area contributed by atoms with E-state index in [4.69, 9.17) is 0 Å². The second-order valence-electron chi connectivity index (χ2n) is 7.33. The van der Waals surface area contributed by atoms with Crippen LogP contribution in [0.25, 0.3) is 5.69 Å². The van der Waals surface area contributed by atoms with Gasteiger partial charge in [0.15, 0.2) is 0 Å². The number of imidazole rings is 1. The van der Waals surface area contributed by atoms with Crippen LogP contribution in [0.3, 0.4) is 0 Å². The van der Waals surface area contributed by atoms with Crippen molar-refractivity contribution in [1.29, 1.82) is 0 Å². The number of urea groups is 1. The molecule has 3 N–H and O–H groups in total. The smallest absolute Gasteiger partial charge is 0.315 e. The number of hydrogen-bond donors (Lipinski definition) is 3. The van der Waals surface area contributed by atoms with Crippen molar-refractivity contribution in [3.63, 3.8) is 0 Å². The molecular formula is C21H31N5O. The van der Waals surface area contributed by atoms with Crippen LogP contribution in [0.4, 0.5) is 4.79 Å². The Balaban J connectivity index is 1.33. The molecular weight excluding hydrogens is 338 g/mol. The number of rotatable bonds is 8. The Kier molecular flexibility index (Phi) is 7.27. The van der Waals surface area contributed by atoms with Crippen LogP contribution in [0.15, 0.2) is 43.0 Å². The van der Waals surface area contributed by atoms with Gasteiger partial charge >= 0.3 is 6.03 Å². The number of amides is 2. The first kappa shape index (κ1) is 19.4. The molecule has 3 rings (SSSR count). The van der Waals surface area contributed by atoms with Gasteiger partial charge in [-0.2, -0.15) is 0 Å². The van der Waals surface area contributed by atoms with Crippen molar-refractivity contribution in [2.75, 3.05) is 13.1 Å². The highest BCUT2D eigenvalue weighted by molar-refractivity contribution is 5.74. The van der Waals surface area contributed by atoms with Crippen molar-refractivity contribution in [3.05, 3.63) is 48.5 Å². The largest absolute Gasteiger partial charge is 0.338 e. The standard InChI is InChI=1S/C21H31N5O/c1-17(18-8-10-20(11-9-18)26-15-14-22-16-26)25-21(27)24-13-5-12-23-19-6-3-2-4-7-19/h8-11,14-17,19,23H,2-7,12-13H2,1H3,(H2,24,25,27). The third-order valence-corrected chi connectivity index (χ3v) is 5.22. The topological polar surface area (TPSA) is 71.0 Å². The van der Waals surface area contributed by atoms with Crippen LogP contribution in [0.5, 0.6) is 0 Å². The molecule has 0 saturated heterocycles. The number of aromatic nitrogens is 2. The molecule has 1 aromatic heterocycles. The lowest BCUT2D eigenvalue weighted by Gasteiger charge is -2.22. The average Bonchev–Trinajstić information content (AvgIpc) is 3.23. The Bertz CT molecular complexity index is 677. The Morgan fingerprint density at radius 2 is 1.96 bits per heavy atom. The van der Waals surface area contributed by atoms with Crippen LogP contribution >= 0.6 is 0 Å². The van der Waals surface area contributed by atoms with E-state index >= 15 is 0 Å². The van der Waals surface area contributed by atoms with Crippen molar-refractivity contribution in [2.45, 2.75) is 57.5 Å². The lowest BCUT2D eigenvalue weighted by molar-refractivity contribution is 0.237. The molecule has 0 bridgehead atoms. The fourth-order valence-electron chi connectivity index (χ4n) is 3.58. The van der Waals surface area contributed by atoms with E-state index in [1.165, 1.54) is 32.1 Å². The van der Waals surface area contributed by atoms with E-state index in [9.17, 15) is 4.79 Å². The molecule has 2 aromatic rings. The van der Waals surface area contributed by atoms with Crippen LogP contribution in [0.2, 0.25) is 0 Å². The Morgan fingerprint density at radius 3 is 2.67 bits per heavy atom. The molecule has 1 unspecified atom stereocenters. The maximum absolute atomic E-state index is 12.1. The maximum Gasteiger partial charge on any atom is 0.315 e. The zero-order valence-corrected chi connectivity index (χ0v) is 16.2. The zero-order valence-electron chi connectivity index (χ0n) is 16.2. The second-order valence-corrected chi connectivity index (χ2v) is 7.33. The molecule has 1 aromatic carbocycles. The Hall–Kier alpha value is -2.34. The maximum atomic E-state index is 12.1. The van der Waals surface area contributed by atoms with Crippen LogP contribution in [-0.4, -0.2) is 34.7 Å². The van der Waals surface area contributed by atoms with E-state index < -0.39 is 0 Å². The molecule has 0 aliphatic heterocycles. The van der Waals surface area contributed by atoms with E-state index in [2.05, 4.69) is 20.9 Å². The van der Waals surface area contributed by atoms with Crippen LogP contribution in [0, 0.1) is 0 Å². The summed E-state index contributed by atoms with van der Waals surface area (Å²) in [6, 6.07) is 8.66. The van der Waals surface area contributed by atoms with Crippen molar-refractivity contribution in [2.24, 2.45) is 0 Å². The van der Waals surface area contributed by atoms with Crippen molar-refractivity contribution in [3.8, 4) is 5.69 Å². The minimum Gasteiger partial charge on any atom is -0.338 e. The monoisotopic (exact) mass is 369 g/mol. The highest BCUT2D eigenvalue weighted by Crippen LogP contribution is 2.17. The molecule has 6 nitrogen and oxygen atoms in total. The van der Waals surface area contributed by atoms with Gasteiger partial charge in [0.2, 0.25) is 0 Å². The normalized spacial score (nSPS) is 16.0. The summed E-state index contributed by atoms with van der Waals surface area (Å²) < 4.78 is 1.95. The number of carbonyl (C=O) groups excluding carboxylic acids is 1. The molecule has 1 aliphatic rings. The van der Waals surface area contributed by atoms with E-state index in [1.807, 2.05) is 42.0 Å². The van der Waals surface area contributed by atoms with Gasteiger partial charge in [-0.3, -0.25) is 0 Å². The van der Waals surface area contributed by atoms with E-state index in [0.717, 1.165) is 24.2 Å². The van der Waals surface area contributed by atoms with E-state index in [1.54, 1.807) is 12.5 Å². The fraction of sp³-hybridized carbons (Fsp3) is 0.524. The molecule has 0 radical (unpaired) electrons. The molecule has 1 atom stereocenters. The summed E-state index contributed by atoms with van der Waals surface area (Å²) in [5.74, 6) is 0. The van der Waals surface area contributed by atoms with Crippen molar-refractivity contribution in [1.82, 2.24) is 25.5 Å². The first-order valence-electron chi connectivity index (χ1n) is 10.1. The lowest BCUT2D eigenvalue weighted by Crippen LogP contribution is -2.39. The molecule has 0 spiro atoms. The molecule has 1 saturated carbocycles. The van der Waals surface area contributed by atoms with E-state index in [0.29, 0.717) is 12.6 Å². The third kappa shape index (κ3) is 6.10. The van der Waals surface area contributed by atoms with Crippen LogP contribution in [-0.2, 0) is 0 Å². The zero-order chi connectivity index (χ0) is 18.9. The predicted molar refractivity (Wildman–Crippen MR) is 108 cm³/mol. The van der Waals surface area contributed by atoms with Gasteiger partial charge in [0.1, 0.15) is 0 Å². The van der Waals surface area contributed by atoms with Gasteiger partial charge in [-0.1, -0.05) is 31.4 Å². The number of hydrogen-bond acceptors (Lipinski definition) is 3. The number of nitrogens with one attached hydrogen (secondary N) is 3. The van der Waals surface area contributed by atoms with Gasteiger partial charge in [0.05, 0.1) is 12.4 Å². The Morgan fingerprint density at radius 1 is 1.19 bits per heavy atom. The summed E-state index contributed by atoms with van der Waals surface area (Å²) in [5, 5.41) is 9.55. The summed E-state index contributed by atoms with van der Waals surface area (Å²) in [5.41, 5.74) is 2.13. The van der Waals surface area contributed by atoms with Crippen LogP contribution in [0.1, 0.15) is 57.1 Å². The quantitative estimate of drug-likeness (QED) is 0.623. The second kappa shape index (κ2) is 10.1. The molecule has 2 amide bonds. The highest BCUT2D eigenvalue weighted by Gasteiger charge is 2.12. The molecule has 27 heavy (non-hydrogen) atoms. The third-order valence-electron chi connectivity index (χ3n) is 5.22. The average molecular weight is 370 g/mol. The van der Waals surface area contributed by atoms with Gasteiger partial charge in [0, 0.05) is 30.7 Å². The van der Waals surface area contributed by atoms with Crippen LogP contribution < -0.4 is 16.0 Å².